The fourth-order valence-corrected chi connectivity index (χ4v) is 4.11. The maximum Gasteiger partial charge on any atom is 0.0563 e. The first kappa shape index (κ1) is 13.1. The average molecular weight is 328 g/mol. The van der Waals surface area contributed by atoms with Crippen LogP contribution in [0.4, 0.5) is 0 Å². The Labute approximate surface area is 119 Å². The molecule has 0 saturated carbocycles. The molecule has 1 aromatic carbocycles. The van der Waals surface area contributed by atoms with Crippen molar-refractivity contribution < 1.29 is 0 Å². The molecule has 2 N–H and O–H groups in total. The van der Waals surface area contributed by atoms with E-state index in [0.29, 0.717) is 11.8 Å². The number of nitrogens with two attached hydrogens (primary N) is 1. The van der Waals surface area contributed by atoms with E-state index in [1.165, 1.54) is 15.3 Å². The molecule has 0 bridgehead atoms. The Morgan fingerprint density at radius 3 is 2.53 bits per heavy atom. The molecule has 1 aromatic heterocycles. The summed E-state index contributed by atoms with van der Waals surface area (Å²) in [6.45, 7) is 2.82. The van der Waals surface area contributed by atoms with Crippen LogP contribution in [0.15, 0.2) is 45.1 Å². The largest absolute Gasteiger partial charge is 0.329 e. The fourth-order valence-electron chi connectivity index (χ4n) is 1.60. The van der Waals surface area contributed by atoms with Gasteiger partial charge in [-0.2, -0.15) is 0 Å². The second-order valence-corrected chi connectivity index (χ2v) is 6.90. The first-order valence-corrected chi connectivity index (χ1v) is 7.92. The normalized spacial score (nSPS) is 12.6. The van der Waals surface area contributed by atoms with E-state index >= 15 is 0 Å². The summed E-state index contributed by atoms with van der Waals surface area (Å²) < 4.78 is 1.11. The van der Waals surface area contributed by atoms with Crippen molar-refractivity contribution in [3.63, 3.8) is 0 Å². The number of thioether (sulfide) groups is 1. The third kappa shape index (κ3) is 3.35. The molecular weight excluding hydrogens is 314 g/mol. The van der Waals surface area contributed by atoms with Gasteiger partial charge in [0.15, 0.2) is 0 Å². The molecule has 2 aromatic rings. The lowest BCUT2D eigenvalue weighted by atomic mass is 10.2. The molecule has 1 nitrogen and oxygen atoms in total. The van der Waals surface area contributed by atoms with Crippen molar-refractivity contribution >= 4 is 39.0 Å². The summed E-state index contributed by atoms with van der Waals surface area (Å²) in [6.07, 6.45) is 0. The van der Waals surface area contributed by atoms with E-state index in [9.17, 15) is 0 Å². The van der Waals surface area contributed by atoms with E-state index in [-0.39, 0.29) is 0 Å². The van der Waals surface area contributed by atoms with Gasteiger partial charge < -0.3 is 5.73 Å². The van der Waals surface area contributed by atoms with Gasteiger partial charge in [0, 0.05) is 20.8 Å². The van der Waals surface area contributed by atoms with Crippen molar-refractivity contribution in [2.75, 3.05) is 6.54 Å². The van der Waals surface area contributed by atoms with Crippen molar-refractivity contribution in [2.45, 2.75) is 17.1 Å². The minimum Gasteiger partial charge on any atom is -0.329 e. The average Bonchev–Trinajstić information content (AvgIpc) is 2.75. The highest BCUT2D eigenvalue weighted by Crippen LogP contribution is 2.38. The van der Waals surface area contributed by atoms with E-state index in [0.717, 1.165) is 4.47 Å². The van der Waals surface area contributed by atoms with E-state index in [1.54, 1.807) is 11.3 Å². The van der Waals surface area contributed by atoms with Gasteiger partial charge in [0.1, 0.15) is 0 Å². The number of rotatable bonds is 4. The van der Waals surface area contributed by atoms with Gasteiger partial charge >= 0.3 is 0 Å². The van der Waals surface area contributed by atoms with E-state index in [4.69, 9.17) is 5.73 Å². The monoisotopic (exact) mass is 327 g/mol. The third-order valence-electron chi connectivity index (χ3n) is 2.50. The minimum absolute atomic E-state index is 0.358. The van der Waals surface area contributed by atoms with Gasteiger partial charge in [-0.05, 0) is 48.2 Å². The third-order valence-corrected chi connectivity index (χ3v) is 5.57. The first-order chi connectivity index (χ1) is 8.20. The van der Waals surface area contributed by atoms with E-state index in [2.05, 4.69) is 58.6 Å². The number of halogens is 1. The first-order valence-electron chi connectivity index (χ1n) is 5.37. The zero-order valence-corrected chi connectivity index (χ0v) is 12.7. The van der Waals surface area contributed by atoms with Crippen LogP contribution in [0.25, 0.3) is 0 Å². The Morgan fingerprint density at radius 2 is 2.00 bits per heavy atom. The van der Waals surface area contributed by atoms with Gasteiger partial charge in [0.2, 0.25) is 0 Å². The number of benzene rings is 1. The lowest BCUT2D eigenvalue weighted by Crippen LogP contribution is -2.08. The molecule has 0 aliphatic rings. The van der Waals surface area contributed by atoms with Gasteiger partial charge in [0.25, 0.3) is 0 Å². The molecule has 1 heterocycles. The second-order valence-electron chi connectivity index (χ2n) is 3.76. The molecule has 90 valence electrons. The predicted octanol–water partition coefficient (Wildman–Crippen LogP) is 4.61. The molecular formula is C13H14BrNS2. The van der Waals surface area contributed by atoms with Crippen molar-refractivity contribution in [1.29, 1.82) is 0 Å². The summed E-state index contributed by atoms with van der Waals surface area (Å²) in [4.78, 5) is 2.65. The van der Waals surface area contributed by atoms with Crippen molar-refractivity contribution in [2.24, 2.45) is 5.73 Å². The molecule has 0 spiro atoms. The summed E-state index contributed by atoms with van der Waals surface area (Å²) >= 11 is 7.08. The fraction of sp³-hybridized carbons (Fsp3) is 0.231. The van der Waals surface area contributed by atoms with Crippen LogP contribution < -0.4 is 5.73 Å². The Morgan fingerprint density at radius 1 is 1.29 bits per heavy atom. The molecule has 0 amide bonds. The molecule has 0 saturated heterocycles. The van der Waals surface area contributed by atoms with Crippen LogP contribution in [0.1, 0.15) is 15.7 Å². The molecule has 1 atom stereocenters. The molecule has 0 aliphatic heterocycles. The molecule has 0 aliphatic carbocycles. The highest BCUT2D eigenvalue weighted by Gasteiger charge is 2.14. The summed E-state index contributed by atoms with van der Waals surface area (Å²) in [6, 6.07) is 10.5. The molecule has 1 unspecified atom stereocenters. The quantitative estimate of drug-likeness (QED) is 0.830. The SMILES string of the molecule is Cc1ccsc1C(CN)Sc1ccc(Br)cc1. The van der Waals surface area contributed by atoms with Gasteiger partial charge in [0.05, 0.1) is 5.25 Å². The maximum absolute atomic E-state index is 5.89. The lowest BCUT2D eigenvalue weighted by Gasteiger charge is -2.14. The standard InChI is InChI=1S/C13H14BrNS2/c1-9-6-7-16-13(9)12(8-15)17-11-4-2-10(14)3-5-11/h2-7,12H,8,15H2,1H3. The topological polar surface area (TPSA) is 26.0 Å². The second kappa shape index (κ2) is 6.05. The van der Waals surface area contributed by atoms with E-state index in [1.807, 2.05) is 11.8 Å². The molecule has 0 radical (unpaired) electrons. The minimum atomic E-state index is 0.358. The summed E-state index contributed by atoms with van der Waals surface area (Å²) in [5.74, 6) is 0. The highest BCUT2D eigenvalue weighted by atomic mass is 79.9. The molecule has 2 rings (SSSR count). The van der Waals surface area contributed by atoms with Crippen LogP contribution in [-0.2, 0) is 0 Å². The Bertz CT molecular complexity index is 478. The van der Waals surface area contributed by atoms with Gasteiger partial charge in [-0.25, -0.2) is 0 Å². The zero-order valence-electron chi connectivity index (χ0n) is 9.52. The smallest absolute Gasteiger partial charge is 0.0563 e. The Kier molecular flexibility index (Phi) is 4.68. The zero-order chi connectivity index (χ0) is 12.3. The number of thiophene rings is 1. The van der Waals surface area contributed by atoms with Crippen LogP contribution in [-0.4, -0.2) is 6.54 Å². The molecule has 4 heteroatoms. The van der Waals surface area contributed by atoms with Gasteiger partial charge in [-0.15, -0.1) is 23.1 Å². The highest BCUT2D eigenvalue weighted by molar-refractivity contribution is 9.10. The Hall–Kier alpha value is -0.290. The summed E-state index contributed by atoms with van der Waals surface area (Å²) in [5.41, 5.74) is 7.23. The van der Waals surface area contributed by atoms with Crippen LogP contribution in [0.5, 0.6) is 0 Å². The predicted molar refractivity (Wildman–Crippen MR) is 80.9 cm³/mol. The summed E-state index contributed by atoms with van der Waals surface area (Å²) in [7, 11) is 0. The maximum atomic E-state index is 5.89. The van der Waals surface area contributed by atoms with Crippen LogP contribution in [0, 0.1) is 6.92 Å². The molecule has 0 fully saturated rings. The lowest BCUT2D eigenvalue weighted by molar-refractivity contribution is 0.952. The van der Waals surface area contributed by atoms with Crippen LogP contribution in [0.3, 0.4) is 0 Å². The molecule has 17 heavy (non-hydrogen) atoms. The van der Waals surface area contributed by atoms with E-state index < -0.39 is 0 Å². The van der Waals surface area contributed by atoms with Crippen LogP contribution >= 0.6 is 39.0 Å². The Balaban J connectivity index is 2.16. The van der Waals surface area contributed by atoms with Gasteiger partial charge in [-0.1, -0.05) is 15.9 Å². The number of aryl methyl sites for hydroxylation is 1. The number of hydrogen-bond donors (Lipinski definition) is 1. The van der Waals surface area contributed by atoms with Crippen molar-refractivity contribution in [3.05, 3.63) is 50.6 Å². The van der Waals surface area contributed by atoms with Gasteiger partial charge in [-0.3, -0.25) is 0 Å². The summed E-state index contributed by atoms with van der Waals surface area (Å²) in [5, 5.41) is 2.49. The van der Waals surface area contributed by atoms with Crippen molar-refractivity contribution in [3.8, 4) is 0 Å². The van der Waals surface area contributed by atoms with Crippen LogP contribution in [0.2, 0.25) is 0 Å². The number of hydrogen-bond acceptors (Lipinski definition) is 3. The van der Waals surface area contributed by atoms with Crippen molar-refractivity contribution in [1.82, 2.24) is 0 Å².